The Labute approximate surface area is 190 Å². The van der Waals surface area contributed by atoms with Crippen LogP contribution in [0.5, 0.6) is 0 Å². The summed E-state index contributed by atoms with van der Waals surface area (Å²) in [5, 5.41) is 6.24. The first-order valence-corrected chi connectivity index (χ1v) is 11.4. The van der Waals surface area contributed by atoms with Gasteiger partial charge in [0.05, 0.1) is 13.2 Å². The lowest BCUT2D eigenvalue weighted by molar-refractivity contribution is -0.131. The zero-order valence-electron chi connectivity index (χ0n) is 19.3. The van der Waals surface area contributed by atoms with Gasteiger partial charge in [-0.3, -0.25) is 19.5 Å². The number of carbonyl (C=O) groups is 2. The van der Waals surface area contributed by atoms with E-state index in [9.17, 15) is 9.59 Å². The lowest BCUT2D eigenvalue weighted by Gasteiger charge is -2.36. The first-order chi connectivity index (χ1) is 15.6. The fraction of sp³-hybridized carbons (Fsp3) is 0.609. The molecule has 2 aliphatic rings. The summed E-state index contributed by atoms with van der Waals surface area (Å²) >= 11 is 0. The second-order valence-electron chi connectivity index (χ2n) is 8.20. The molecule has 2 N–H and O–H groups in total. The number of carbonyl (C=O) groups excluding carboxylic acids is 2. The lowest BCUT2D eigenvalue weighted by atomic mass is 10.1. The van der Waals surface area contributed by atoms with E-state index in [-0.39, 0.29) is 11.8 Å². The van der Waals surface area contributed by atoms with Crippen molar-refractivity contribution in [3.8, 4) is 0 Å². The summed E-state index contributed by atoms with van der Waals surface area (Å²) in [4.78, 5) is 35.2. The van der Waals surface area contributed by atoms with Gasteiger partial charge in [0.15, 0.2) is 5.96 Å². The first kappa shape index (κ1) is 24.0. The zero-order chi connectivity index (χ0) is 22.8. The topological polar surface area (TPSA) is 89.5 Å². The highest BCUT2D eigenvalue weighted by Gasteiger charge is 2.23. The van der Waals surface area contributed by atoms with Gasteiger partial charge < -0.3 is 25.2 Å². The fourth-order valence-corrected chi connectivity index (χ4v) is 4.11. The lowest BCUT2D eigenvalue weighted by Crippen LogP contribution is -2.54. The minimum Gasteiger partial charge on any atom is -0.383 e. The largest absolute Gasteiger partial charge is 0.383 e. The van der Waals surface area contributed by atoms with Crippen LogP contribution in [0.15, 0.2) is 29.3 Å². The number of aliphatic imine (C=N–C) groups is 1. The number of piperazine rings is 1. The van der Waals surface area contributed by atoms with Gasteiger partial charge in [-0.1, -0.05) is 24.3 Å². The third kappa shape index (κ3) is 6.93. The molecule has 32 heavy (non-hydrogen) atoms. The van der Waals surface area contributed by atoms with E-state index < -0.39 is 0 Å². The van der Waals surface area contributed by atoms with Crippen molar-refractivity contribution in [3.63, 3.8) is 0 Å². The van der Waals surface area contributed by atoms with Gasteiger partial charge in [0.25, 0.3) is 0 Å². The van der Waals surface area contributed by atoms with Crippen LogP contribution in [0.2, 0.25) is 0 Å². The Morgan fingerprint density at radius 2 is 1.69 bits per heavy atom. The number of ether oxygens (including phenoxy) is 1. The Morgan fingerprint density at radius 1 is 1.00 bits per heavy atom. The summed E-state index contributed by atoms with van der Waals surface area (Å²) < 4.78 is 4.95. The van der Waals surface area contributed by atoms with E-state index in [0.717, 1.165) is 51.6 Å². The number of nitrogens with one attached hydrogen (secondary N) is 2. The quantitative estimate of drug-likeness (QED) is 0.323. The maximum Gasteiger partial charge on any atom is 0.234 e. The van der Waals surface area contributed by atoms with Gasteiger partial charge in [0.2, 0.25) is 11.8 Å². The summed E-state index contributed by atoms with van der Waals surface area (Å²) in [5.74, 6) is 1.09. The molecule has 2 heterocycles. The van der Waals surface area contributed by atoms with Crippen molar-refractivity contribution in [1.29, 1.82) is 0 Å². The van der Waals surface area contributed by atoms with Crippen molar-refractivity contribution < 1.29 is 14.3 Å². The molecule has 0 radical (unpaired) electrons. The molecule has 1 saturated heterocycles. The number of methoxy groups -OCH3 is 1. The number of amides is 2. The number of fused-ring (bicyclic) bond motifs is 1. The standard InChI is InChI=1S/C23H36N6O3/c1-24-23(28-13-11-27(12-14-28)18-21(30)25-10-15-32-2)26-9-5-8-22(31)29-16-19-6-3-4-7-20(19)17-29/h3-4,6-7H,5,8-18H2,1-2H3,(H,24,26)(H,25,30). The van der Waals surface area contributed by atoms with Gasteiger partial charge in [-0.05, 0) is 17.5 Å². The van der Waals surface area contributed by atoms with Crippen molar-refractivity contribution in [1.82, 2.24) is 25.3 Å². The van der Waals surface area contributed by atoms with Crippen LogP contribution in [0.25, 0.3) is 0 Å². The van der Waals surface area contributed by atoms with Gasteiger partial charge >= 0.3 is 0 Å². The molecule has 0 unspecified atom stereocenters. The fourth-order valence-electron chi connectivity index (χ4n) is 4.11. The molecular formula is C23H36N6O3. The normalized spacial score (nSPS) is 16.8. The predicted molar refractivity (Wildman–Crippen MR) is 124 cm³/mol. The molecule has 1 aromatic carbocycles. The predicted octanol–water partition coefficient (Wildman–Crippen LogP) is 0.265. The smallest absolute Gasteiger partial charge is 0.234 e. The number of rotatable bonds is 9. The molecule has 0 aliphatic carbocycles. The summed E-state index contributed by atoms with van der Waals surface area (Å²) in [6.07, 6.45) is 1.30. The number of hydrogen-bond acceptors (Lipinski definition) is 5. The molecule has 2 amide bonds. The summed E-state index contributed by atoms with van der Waals surface area (Å²) in [5.41, 5.74) is 2.51. The van der Waals surface area contributed by atoms with Crippen molar-refractivity contribution in [3.05, 3.63) is 35.4 Å². The number of guanidine groups is 1. The van der Waals surface area contributed by atoms with Crippen LogP contribution < -0.4 is 10.6 Å². The Kier molecular flexibility index (Phi) is 9.30. The van der Waals surface area contributed by atoms with Crippen LogP contribution in [-0.2, 0) is 27.4 Å². The van der Waals surface area contributed by atoms with Crippen molar-refractivity contribution in [2.24, 2.45) is 4.99 Å². The van der Waals surface area contributed by atoms with Gasteiger partial charge in [-0.2, -0.15) is 0 Å². The molecule has 176 valence electrons. The van der Waals surface area contributed by atoms with Crippen LogP contribution in [0, 0.1) is 0 Å². The van der Waals surface area contributed by atoms with E-state index in [1.54, 1.807) is 14.2 Å². The first-order valence-electron chi connectivity index (χ1n) is 11.4. The Hall–Kier alpha value is -2.65. The molecule has 0 saturated carbocycles. The summed E-state index contributed by atoms with van der Waals surface area (Å²) in [6, 6.07) is 8.25. The van der Waals surface area contributed by atoms with Crippen LogP contribution >= 0.6 is 0 Å². The molecule has 0 spiro atoms. The van der Waals surface area contributed by atoms with Crippen LogP contribution in [0.4, 0.5) is 0 Å². The molecule has 3 rings (SSSR count). The van der Waals surface area contributed by atoms with E-state index in [4.69, 9.17) is 4.74 Å². The third-order valence-electron chi connectivity index (χ3n) is 5.92. The molecule has 1 fully saturated rings. The Balaban J connectivity index is 1.31. The minimum atomic E-state index is 0.0313. The average Bonchev–Trinajstić information content (AvgIpc) is 3.24. The van der Waals surface area contributed by atoms with Crippen LogP contribution in [0.3, 0.4) is 0 Å². The van der Waals surface area contributed by atoms with E-state index >= 15 is 0 Å². The third-order valence-corrected chi connectivity index (χ3v) is 5.92. The van der Waals surface area contributed by atoms with Gasteiger partial charge in [-0.25, -0.2) is 0 Å². The molecule has 0 atom stereocenters. The van der Waals surface area contributed by atoms with Gasteiger partial charge in [-0.15, -0.1) is 0 Å². The van der Waals surface area contributed by atoms with Gasteiger partial charge in [0.1, 0.15) is 0 Å². The van der Waals surface area contributed by atoms with E-state index in [1.165, 1.54) is 11.1 Å². The highest BCUT2D eigenvalue weighted by molar-refractivity contribution is 5.80. The molecule has 9 heteroatoms. The Morgan fingerprint density at radius 3 is 2.31 bits per heavy atom. The van der Waals surface area contributed by atoms with Crippen molar-refractivity contribution in [2.75, 3.05) is 66.6 Å². The maximum atomic E-state index is 12.5. The summed E-state index contributed by atoms with van der Waals surface area (Å²) in [6.45, 7) is 6.88. The van der Waals surface area contributed by atoms with Crippen molar-refractivity contribution >= 4 is 17.8 Å². The monoisotopic (exact) mass is 444 g/mol. The van der Waals surface area contributed by atoms with Gasteiger partial charge in [0, 0.05) is 72.9 Å². The molecule has 9 nitrogen and oxygen atoms in total. The second-order valence-corrected chi connectivity index (χ2v) is 8.20. The number of nitrogens with zero attached hydrogens (tertiary/aromatic N) is 4. The average molecular weight is 445 g/mol. The van der Waals surface area contributed by atoms with E-state index in [2.05, 4.69) is 37.6 Å². The van der Waals surface area contributed by atoms with E-state index in [0.29, 0.717) is 32.7 Å². The summed E-state index contributed by atoms with van der Waals surface area (Å²) in [7, 11) is 3.40. The highest BCUT2D eigenvalue weighted by atomic mass is 16.5. The molecule has 0 aromatic heterocycles. The SMILES string of the molecule is CN=C(NCCCC(=O)N1Cc2ccccc2C1)N1CCN(CC(=O)NCCOC)CC1. The number of hydrogen-bond donors (Lipinski definition) is 2. The molecular weight excluding hydrogens is 408 g/mol. The Bertz CT molecular complexity index is 767. The zero-order valence-corrected chi connectivity index (χ0v) is 19.3. The highest BCUT2D eigenvalue weighted by Crippen LogP contribution is 2.22. The van der Waals surface area contributed by atoms with Crippen LogP contribution in [0.1, 0.15) is 24.0 Å². The molecule has 1 aromatic rings. The molecule has 2 aliphatic heterocycles. The maximum absolute atomic E-state index is 12.5. The second kappa shape index (κ2) is 12.4. The van der Waals surface area contributed by atoms with Crippen LogP contribution in [-0.4, -0.2) is 99.1 Å². The van der Waals surface area contributed by atoms with E-state index in [1.807, 2.05) is 17.0 Å². The minimum absolute atomic E-state index is 0.0313. The molecule has 0 bridgehead atoms. The van der Waals surface area contributed by atoms with Crippen molar-refractivity contribution in [2.45, 2.75) is 25.9 Å². The number of benzene rings is 1.